The van der Waals surface area contributed by atoms with Gasteiger partial charge in [-0.15, -0.1) is 0 Å². The first-order valence-corrected chi connectivity index (χ1v) is 5.40. The minimum atomic E-state index is -0.570. The Kier molecular flexibility index (Phi) is 2.97. The molecule has 1 N–H and O–H groups in total. The molecule has 7 heteroatoms. The third-order valence-electron chi connectivity index (χ3n) is 2.72. The minimum absolute atomic E-state index is 0.0438. The van der Waals surface area contributed by atoms with Gasteiger partial charge in [-0.25, -0.2) is 0 Å². The largest absolute Gasteiger partial charge is 0.330 e. The molecule has 1 aromatic carbocycles. The number of hydrogen-bond donors (Lipinski definition) is 1. The number of carbonyl (C=O) groups excluding carboxylic acids is 2. The first kappa shape index (κ1) is 12.0. The van der Waals surface area contributed by atoms with Crippen molar-refractivity contribution in [2.45, 2.75) is 6.92 Å². The van der Waals surface area contributed by atoms with Crippen LogP contribution in [0.5, 0.6) is 0 Å². The van der Waals surface area contributed by atoms with E-state index in [9.17, 15) is 19.7 Å². The lowest BCUT2D eigenvalue weighted by Crippen LogP contribution is -2.34. The number of amides is 2. The number of carbonyl (C=O) groups is 2. The highest BCUT2D eigenvalue weighted by atomic mass is 16.6. The van der Waals surface area contributed by atoms with E-state index in [1.807, 2.05) is 0 Å². The lowest BCUT2D eigenvalue weighted by atomic mass is 10.1. The van der Waals surface area contributed by atoms with E-state index in [1.54, 1.807) is 6.92 Å². The first-order chi connectivity index (χ1) is 8.52. The lowest BCUT2D eigenvalue weighted by molar-refractivity contribution is -0.384. The summed E-state index contributed by atoms with van der Waals surface area (Å²) in [5, 5.41) is 13.2. The average Bonchev–Trinajstić information content (AvgIpc) is 2.45. The molecule has 0 bridgehead atoms. The summed E-state index contributed by atoms with van der Waals surface area (Å²) in [5.74, 6) is -0.662. The summed E-state index contributed by atoms with van der Waals surface area (Å²) >= 11 is 0. The number of hydrogen-bond acceptors (Lipinski definition) is 4. The molecule has 94 valence electrons. The Morgan fingerprint density at radius 1 is 1.44 bits per heavy atom. The fourth-order valence-electron chi connectivity index (χ4n) is 1.80. The van der Waals surface area contributed by atoms with Crippen molar-refractivity contribution in [1.82, 2.24) is 4.90 Å². The summed E-state index contributed by atoms with van der Waals surface area (Å²) < 4.78 is 0. The molecule has 2 rings (SSSR count). The van der Waals surface area contributed by atoms with Gasteiger partial charge in [-0.1, -0.05) is 0 Å². The van der Waals surface area contributed by atoms with Gasteiger partial charge in [-0.05, 0) is 13.0 Å². The number of nitrogens with zero attached hydrogens (tertiary/aromatic N) is 2. The third kappa shape index (κ3) is 2.02. The van der Waals surface area contributed by atoms with Gasteiger partial charge in [0.2, 0.25) is 5.91 Å². The van der Waals surface area contributed by atoms with E-state index in [0.29, 0.717) is 6.54 Å². The van der Waals surface area contributed by atoms with Gasteiger partial charge >= 0.3 is 0 Å². The SMILES string of the molecule is CCN1CC(=O)Nc2cc([N+](=O)[O-])ccc2C1=O. The summed E-state index contributed by atoms with van der Waals surface area (Å²) in [4.78, 5) is 35.1. The van der Waals surface area contributed by atoms with Crippen LogP contribution in [-0.2, 0) is 4.79 Å². The van der Waals surface area contributed by atoms with Crippen LogP contribution in [0.2, 0.25) is 0 Å². The second-order valence-corrected chi connectivity index (χ2v) is 3.85. The Morgan fingerprint density at radius 2 is 2.17 bits per heavy atom. The monoisotopic (exact) mass is 249 g/mol. The Morgan fingerprint density at radius 3 is 2.78 bits per heavy atom. The van der Waals surface area contributed by atoms with Gasteiger partial charge in [0.25, 0.3) is 11.6 Å². The second kappa shape index (κ2) is 4.44. The van der Waals surface area contributed by atoms with Crippen molar-refractivity contribution in [3.63, 3.8) is 0 Å². The number of fused-ring (bicyclic) bond motifs is 1. The van der Waals surface area contributed by atoms with Crippen LogP contribution in [0.1, 0.15) is 17.3 Å². The number of rotatable bonds is 2. The van der Waals surface area contributed by atoms with Crippen LogP contribution in [0.4, 0.5) is 11.4 Å². The van der Waals surface area contributed by atoms with Crippen molar-refractivity contribution >= 4 is 23.2 Å². The predicted octanol–water partition coefficient (Wildman–Crippen LogP) is 1.01. The fourth-order valence-corrected chi connectivity index (χ4v) is 1.80. The number of likely N-dealkylation sites (N-methyl/N-ethyl adjacent to an activating group) is 1. The highest BCUT2D eigenvalue weighted by Crippen LogP contribution is 2.25. The molecule has 0 unspecified atom stereocenters. The number of nitro benzene ring substituents is 1. The van der Waals surface area contributed by atoms with Crippen LogP contribution in [0.25, 0.3) is 0 Å². The van der Waals surface area contributed by atoms with Gasteiger partial charge in [0.05, 0.1) is 16.2 Å². The van der Waals surface area contributed by atoms with E-state index in [-0.39, 0.29) is 35.3 Å². The molecule has 1 aliphatic rings. The van der Waals surface area contributed by atoms with E-state index in [4.69, 9.17) is 0 Å². The maximum absolute atomic E-state index is 12.1. The van der Waals surface area contributed by atoms with Crippen molar-refractivity contribution in [1.29, 1.82) is 0 Å². The predicted molar refractivity (Wildman–Crippen MR) is 63.3 cm³/mol. The van der Waals surface area contributed by atoms with Crippen LogP contribution >= 0.6 is 0 Å². The van der Waals surface area contributed by atoms with Crippen molar-refractivity contribution < 1.29 is 14.5 Å². The Labute approximate surface area is 103 Å². The molecule has 0 aliphatic carbocycles. The maximum Gasteiger partial charge on any atom is 0.271 e. The summed E-state index contributed by atoms with van der Waals surface area (Å²) in [6, 6.07) is 3.82. The minimum Gasteiger partial charge on any atom is -0.330 e. The molecule has 0 atom stereocenters. The van der Waals surface area contributed by atoms with E-state index in [1.165, 1.54) is 23.1 Å². The van der Waals surface area contributed by atoms with Gasteiger partial charge in [-0.3, -0.25) is 19.7 Å². The molecule has 1 aromatic rings. The number of non-ortho nitro benzene ring substituents is 1. The molecule has 0 spiro atoms. The van der Waals surface area contributed by atoms with Crippen molar-refractivity contribution in [2.24, 2.45) is 0 Å². The van der Waals surface area contributed by atoms with Crippen LogP contribution in [0.3, 0.4) is 0 Å². The standard InChI is InChI=1S/C11H11N3O4/c1-2-13-6-10(15)12-9-5-7(14(17)18)3-4-8(9)11(13)16/h3-5H,2,6H2,1H3,(H,12,15). The summed E-state index contributed by atoms with van der Waals surface area (Å²) in [5.41, 5.74) is 0.301. The first-order valence-electron chi connectivity index (χ1n) is 5.40. The summed E-state index contributed by atoms with van der Waals surface area (Å²) in [7, 11) is 0. The van der Waals surface area contributed by atoms with E-state index in [0.717, 1.165) is 0 Å². The van der Waals surface area contributed by atoms with Gasteiger partial charge in [0.1, 0.15) is 6.54 Å². The second-order valence-electron chi connectivity index (χ2n) is 3.85. The fraction of sp³-hybridized carbons (Fsp3) is 0.273. The molecule has 7 nitrogen and oxygen atoms in total. The van der Waals surface area contributed by atoms with Gasteiger partial charge < -0.3 is 10.2 Å². The number of nitro groups is 1. The molecular weight excluding hydrogens is 238 g/mol. The smallest absolute Gasteiger partial charge is 0.271 e. The molecule has 0 radical (unpaired) electrons. The molecule has 0 saturated heterocycles. The van der Waals surface area contributed by atoms with Gasteiger partial charge in [0, 0.05) is 18.7 Å². The van der Waals surface area contributed by atoms with Crippen molar-refractivity contribution in [3.8, 4) is 0 Å². The molecule has 1 aliphatic heterocycles. The molecule has 0 fully saturated rings. The van der Waals surface area contributed by atoms with E-state index >= 15 is 0 Å². The zero-order valence-electron chi connectivity index (χ0n) is 9.67. The Balaban J connectivity index is 2.51. The van der Waals surface area contributed by atoms with Crippen LogP contribution in [0.15, 0.2) is 18.2 Å². The Bertz CT molecular complexity index is 541. The molecule has 2 amide bonds. The number of nitrogens with one attached hydrogen (secondary N) is 1. The zero-order chi connectivity index (χ0) is 13.3. The highest BCUT2D eigenvalue weighted by molar-refractivity contribution is 6.08. The van der Waals surface area contributed by atoms with Crippen LogP contribution in [0, 0.1) is 10.1 Å². The van der Waals surface area contributed by atoms with Crippen molar-refractivity contribution in [2.75, 3.05) is 18.4 Å². The number of benzene rings is 1. The Hall–Kier alpha value is -2.44. The topological polar surface area (TPSA) is 92.6 Å². The third-order valence-corrected chi connectivity index (χ3v) is 2.72. The normalized spacial score (nSPS) is 14.8. The van der Waals surface area contributed by atoms with Crippen LogP contribution < -0.4 is 5.32 Å². The zero-order valence-corrected chi connectivity index (χ0v) is 9.67. The maximum atomic E-state index is 12.1. The molecule has 18 heavy (non-hydrogen) atoms. The van der Waals surface area contributed by atoms with Crippen LogP contribution in [-0.4, -0.2) is 34.7 Å². The molecule has 0 aromatic heterocycles. The van der Waals surface area contributed by atoms with Gasteiger partial charge in [-0.2, -0.15) is 0 Å². The average molecular weight is 249 g/mol. The highest BCUT2D eigenvalue weighted by Gasteiger charge is 2.26. The van der Waals surface area contributed by atoms with Gasteiger partial charge in [0.15, 0.2) is 0 Å². The lowest BCUT2D eigenvalue weighted by Gasteiger charge is -2.16. The number of anilines is 1. The van der Waals surface area contributed by atoms with E-state index < -0.39 is 4.92 Å². The summed E-state index contributed by atoms with van der Waals surface area (Å²) in [6.45, 7) is 2.13. The molecular formula is C11H11N3O4. The molecule has 1 heterocycles. The van der Waals surface area contributed by atoms with E-state index in [2.05, 4.69) is 5.32 Å². The molecule has 0 saturated carbocycles. The summed E-state index contributed by atoms with van der Waals surface area (Å²) in [6.07, 6.45) is 0. The van der Waals surface area contributed by atoms with Crippen molar-refractivity contribution in [3.05, 3.63) is 33.9 Å². The quantitative estimate of drug-likeness (QED) is 0.625.